The van der Waals surface area contributed by atoms with Gasteiger partial charge >= 0.3 is 5.97 Å². The van der Waals surface area contributed by atoms with Gasteiger partial charge < -0.3 is 28.8 Å². The quantitative estimate of drug-likeness (QED) is 0.415. The zero-order valence-corrected chi connectivity index (χ0v) is 20.3. The molecule has 3 aromatic rings. The maximum absolute atomic E-state index is 14.2. The van der Waals surface area contributed by atoms with Crippen LogP contribution in [-0.2, 0) is 25.5 Å². The van der Waals surface area contributed by atoms with Gasteiger partial charge in [-0.3, -0.25) is 9.59 Å². The van der Waals surface area contributed by atoms with E-state index in [9.17, 15) is 14.7 Å². The molecular formula is C28H26O8. The van der Waals surface area contributed by atoms with Crippen molar-refractivity contribution < 1.29 is 38.4 Å². The van der Waals surface area contributed by atoms with Gasteiger partial charge in [-0.2, -0.15) is 0 Å². The van der Waals surface area contributed by atoms with Crippen LogP contribution >= 0.6 is 0 Å². The summed E-state index contributed by atoms with van der Waals surface area (Å²) in [6.07, 6.45) is 0. The lowest BCUT2D eigenvalue weighted by molar-refractivity contribution is -0.155. The Bertz CT molecular complexity index is 1320. The van der Waals surface area contributed by atoms with Gasteiger partial charge in [0.2, 0.25) is 5.60 Å². The molecule has 5 rings (SSSR count). The number of esters is 1. The number of ether oxygens (including phenoxy) is 5. The second-order valence-corrected chi connectivity index (χ2v) is 8.73. The maximum Gasteiger partial charge on any atom is 0.317 e. The predicted molar refractivity (Wildman–Crippen MR) is 128 cm³/mol. The molecule has 0 bridgehead atoms. The summed E-state index contributed by atoms with van der Waals surface area (Å²) < 4.78 is 28.0. The van der Waals surface area contributed by atoms with Gasteiger partial charge in [0.15, 0.2) is 11.4 Å². The van der Waals surface area contributed by atoms with E-state index in [0.717, 1.165) is 0 Å². The summed E-state index contributed by atoms with van der Waals surface area (Å²) in [6.45, 7) is 0. The van der Waals surface area contributed by atoms with Crippen molar-refractivity contribution in [3.05, 3.63) is 83.4 Å². The average Bonchev–Trinajstić information content (AvgIpc) is 3.30. The summed E-state index contributed by atoms with van der Waals surface area (Å²) in [7, 11) is 5.69. The average molecular weight is 491 g/mol. The minimum atomic E-state index is -2.28. The van der Waals surface area contributed by atoms with E-state index < -0.39 is 34.8 Å². The molecule has 1 aliphatic carbocycles. The second-order valence-electron chi connectivity index (χ2n) is 8.73. The number of ketones is 1. The molecule has 0 radical (unpaired) electrons. The summed E-state index contributed by atoms with van der Waals surface area (Å²) in [5, 5.41) is 12.6. The largest absolute Gasteiger partial charge is 0.497 e. The molecule has 0 spiro atoms. The third-order valence-electron chi connectivity index (χ3n) is 7.21. The summed E-state index contributed by atoms with van der Waals surface area (Å²) in [6, 6.07) is 19.1. The van der Waals surface area contributed by atoms with Crippen LogP contribution in [0.2, 0.25) is 0 Å². The molecule has 8 nitrogen and oxygen atoms in total. The molecule has 1 N–H and O–H groups in total. The molecule has 0 unspecified atom stereocenters. The van der Waals surface area contributed by atoms with Gasteiger partial charge in [0.25, 0.3) is 0 Å². The van der Waals surface area contributed by atoms with E-state index in [4.69, 9.17) is 23.7 Å². The summed E-state index contributed by atoms with van der Waals surface area (Å²) in [5.41, 5.74) is -2.76. The molecule has 0 saturated heterocycles. The van der Waals surface area contributed by atoms with Gasteiger partial charge in [0.1, 0.15) is 28.9 Å². The first-order chi connectivity index (χ1) is 17.4. The van der Waals surface area contributed by atoms with Gasteiger partial charge in [-0.25, -0.2) is 0 Å². The minimum absolute atomic E-state index is 0.138. The van der Waals surface area contributed by atoms with E-state index in [-0.39, 0.29) is 17.1 Å². The number of carbonyl (C=O) groups excluding carboxylic acids is 2. The molecule has 0 amide bonds. The Kier molecular flexibility index (Phi) is 5.64. The van der Waals surface area contributed by atoms with E-state index in [1.807, 2.05) is 6.07 Å². The highest BCUT2D eigenvalue weighted by Crippen LogP contribution is 2.68. The first kappa shape index (κ1) is 23.7. The number of benzene rings is 3. The van der Waals surface area contributed by atoms with Crippen LogP contribution < -0.4 is 18.9 Å². The molecule has 1 heterocycles. The van der Waals surface area contributed by atoms with Gasteiger partial charge in [-0.15, -0.1) is 0 Å². The van der Waals surface area contributed by atoms with Crippen LogP contribution in [-0.4, -0.2) is 45.3 Å². The van der Waals surface area contributed by atoms with Gasteiger partial charge in [0.05, 0.1) is 39.9 Å². The number of carbonyl (C=O) groups is 2. The van der Waals surface area contributed by atoms with Crippen LogP contribution in [0.3, 0.4) is 0 Å². The molecule has 4 atom stereocenters. The predicted octanol–water partition coefficient (Wildman–Crippen LogP) is 3.34. The van der Waals surface area contributed by atoms with Crippen molar-refractivity contribution in [3.8, 4) is 23.0 Å². The van der Waals surface area contributed by atoms with Crippen molar-refractivity contribution in [2.45, 2.75) is 17.1 Å². The summed E-state index contributed by atoms with van der Waals surface area (Å²) in [5.74, 6) is -2.34. The number of rotatable bonds is 6. The van der Waals surface area contributed by atoms with Crippen molar-refractivity contribution in [1.82, 2.24) is 0 Å². The Morgan fingerprint density at radius 2 is 1.56 bits per heavy atom. The van der Waals surface area contributed by atoms with E-state index in [2.05, 4.69) is 0 Å². The number of fused-ring (bicyclic) bond motifs is 3. The Balaban J connectivity index is 1.89. The van der Waals surface area contributed by atoms with Crippen molar-refractivity contribution in [1.29, 1.82) is 0 Å². The molecule has 1 fully saturated rings. The fraction of sp³-hybridized carbons (Fsp3) is 0.286. The number of aliphatic hydroxyl groups is 1. The lowest BCUT2D eigenvalue weighted by atomic mass is 9.70. The van der Waals surface area contributed by atoms with Crippen molar-refractivity contribution >= 4 is 11.8 Å². The van der Waals surface area contributed by atoms with Gasteiger partial charge in [-0.05, 0) is 17.7 Å². The minimum Gasteiger partial charge on any atom is -0.497 e. The molecule has 8 heteroatoms. The van der Waals surface area contributed by atoms with Crippen LogP contribution in [0, 0.1) is 5.92 Å². The van der Waals surface area contributed by atoms with Crippen molar-refractivity contribution in [2.24, 2.45) is 5.92 Å². The molecule has 1 saturated carbocycles. The van der Waals surface area contributed by atoms with E-state index in [1.165, 1.54) is 21.3 Å². The molecule has 1 aliphatic heterocycles. The van der Waals surface area contributed by atoms with E-state index >= 15 is 0 Å². The summed E-state index contributed by atoms with van der Waals surface area (Å²) >= 11 is 0. The number of methoxy groups -OCH3 is 4. The Morgan fingerprint density at radius 3 is 2.14 bits per heavy atom. The van der Waals surface area contributed by atoms with Crippen LogP contribution in [0.25, 0.3) is 0 Å². The van der Waals surface area contributed by atoms with E-state index in [1.54, 1.807) is 67.8 Å². The Hall–Kier alpha value is -4.04. The third-order valence-corrected chi connectivity index (χ3v) is 7.21. The smallest absolute Gasteiger partial charge is 0.317 e. The number of hydrogen-bond donors (Lipinski definition) is 1. The highest BCUT2D eigenvalue weighted by atomic mass is 16.5. The van der Waals surface area contributed by atoms with Crippen LogP contribution in [0.1, 0.15) is 22.6 Å². The van der Waals surface area contributed by atoms with Crippen LogP contribution in [0.15, 0.2) is 66.7 Å². The number of Topliss-reactive ketones (excluding diaryl/α,β-unsaturated/α-hetero) is 1. The maximum atomic E-state index is 14.2. The zero-order chi connectivity index (χ0) is 25.7. The fourth-order valence-corrected chi connectivity index (χ4v) is 5.66. The Morgan fingerprint density at radius 1 is 0.889 bits per heavy atom. The van der Waals surface area contributed by atoms with E-state index in [0.29, 0.717) is 22.6 Å². The SMILES string of the molecule is COC(=O)[C@@H]1C(=O)[C@@]2(O)c3c(OC)cc(OC)cc3O[C@@]2(c2ccc(OC)cc2)[C@H]1c1ccccc1. The highest BCUT2D eigenvalue weighted by molar-refractivity contribution is 6.10. The standard InChI is InChI=1S/C28H26O8/c1-32-18-12-10-17(11-13-18)28-23(16-8-6-5-7-9-16)22(26(30)35-4)25(29)27(28,31)24-20(34-3)14-19(33-2)15-21(24)36-28/h5-15,22-23,31H,1-4H3/t22-,23-,27-,28-/m0/s1. The summed E-state index contributed by atoms with van der Waals surface area (Å²) in [4.78, 5) is 27.4. The highest BCUT2D eigenvalue weighted by Gasteiger charge is 2.78. The molecule has 3 aromatic carbocycles. The van der Waals surface area contributed by atoms with Gasteiger partial charge in [-0.1, -0.05) is 42.5 Å². The van der Waals surface area contributed by atoms with Crippen molar-refractivity contribution in [2.75, 3.05) is 28.4 Å². The van der Waals surface area contributed by atoms with Gasteiger partial charge in [0, 0.05) is 17.7 Å². The lowest BCUT2D eigenvalue weighted by Crippen LogP contribution is -2.50. The van der Waals surface area contributed by atoms with Crippen LogP contribution in [0.5, 0.6) is 23.0 Å². The molecule has 0 aromatic heterocycles. The second kappa shape index (κ2) is 8.57. The topological polar surface area (TPSA) is 101 Å². The normalized spacial score (nSPS) is 26.0. The fourth-order valence-electron chi connectivity index (χ4n) is 5.66. The lowest BCUT2D eigenvalue weighted by Gasteiger charge is -2.39. The molecular weight excluding hydrogens is 464 g/mol. The zero-order valence-electron chi connectivity index (χ0n) is 20.3. The first-order valence-electron chi connectivity index (χ1n) is 11.4. The first-order valence-corrected chi connectivity index (χ1v) is 11.4. The molecule has 2 aliphatic rings. The third kappa shape index (κ3) is 2.97. The van der Waals surface area contributed by atoms with Crippen LogP contribution in [0.4, 0.5) is 0 Å². The number of hydrogen-bond acceptors (Lipinski definition) is 8. The molecule has 186 valence electrons. The Labute approximate surface area is 208 Å². The molecule has 36 heavy (non-hydrogen) atoms. The monoisotopic (exact) mass is 490 g/mol. The van der Waals surface area contributed by atoms with Crippen molar-refractivity contribution in [3.63, 3.8) is 0 Å².